The fourth-order valence-corrected chi connectivity index (χ4v) is 2.03. The number of hydrogen-bond acceptors (Lipinski definition) is 4. The van der Waals surface area contributed by atoms with Crippen molar-refractivity contribution in [3.63, 3.8) is 0 Å². The monoisotopic (exact) mass is 330 g/mol. The van der Waals surface area contributed by atoms with E-state index in [2.05, 4.69) is 0 Å². The van der Waals surface area contributed by atoms with Crippen molar-refractivity contribution in [1.82, 2.24) is 4.90 Å². The summed E-state index contributed by atoms with van der Waals surface area (Å²) < 4.78 is 10.2. The van der Waals surface area contributed by atoms with Gasteiger partial charge in [0.2, 0.25) is 0 Å². The first-order chi connectivity index (χ1) is 9.99. The average molecular weight is 331 g/mol. The van der Waals surface area contributed by atoms with E-state index < -0.39 is 0 Å². The standard InChI is InChI=1S/C14H19ClN2O3S/c1-19-8-7-17(6-5-13(16)21)14(18)11-4-3-10(15)9-12(11)20-2/h3-4,9H,5-8H2,1-2H3,(H2,16,21). The van der Waals surface area contributed by atoms with Crippen LogP contribution in [0.3, 0.4) is 0 Å². The summed E-state index contributed by atoms with van der Waals surface area (Å²) in [6.07, 6.45) is 0.459. The van der Waals surface area contributed by atoms with Gasteiger partial charge >= 0.3 is 0 Å². The molecule has 0 bridgehead atoms. The highest BCUT2D eigenvalue weighted by molar-refractivity contribution is 7.80. The smallest absolute Gasteiger partial charge is 0.257 e. The van der Waals surface area contributed by atoms with Gasteiger partial charge < -0.3 is 20.1 Å². The molecule has 0 saturated heterocycles. The van der Waals surface area contributed by atoms with E-state index in [9.17, 15) is 4.79 Å². The molecule has 116 valence electrons. The minimum Gasteiger partial charge on any atom is -0.496 e. The molecule has 1 aromatic carbocycles. The van der Waals surface area contributed by atoms with E-state index in [-0.39, 0.29) is 5.91 Å². The molecule has 0 radical (unpaired) electrons. The molecule has 1 aromatic rings. The summed E-state index contributed by atoms with van der Waals surface area (Å²) in [4.78, 5) is 14.6. The van der Waals surface area contributed by atoms with E-state index in [1.807, 2.05) is 0 Å². The highest BCUT2D eigenvalue weighted by atomic mass is 35.5. The molecule has 0 aliphatic heterocycles. The van der Waals surface area contributed by atoms with Crippen LogP contribution in [0, 0.1) is 0 Å². The van der Waals surface area contributed by atoms with Gasteiger partial charge in [-0.05, 0) is 18.2 Å². The van der Waals surface area contributed by atoms with E-state index in [4.69, 9.17) is 39.0 Å². The topological polar surface area (TPSA) is 64.8 Å². The van der Waals surface area contributed by atoms with Crippen LogP contribution >= 0.6 is 23.8 Å². The summed E-state index contributed by atoms with van der Waals surface area (Å²) in [7, 11) is 3.08. The lowest BCUT2D eigenvalue weighted by Gasteiger charge is -2.23. The van der Waals surface area contributed by atoms with Crippen molar-refractivity contribution >= 4 is 34.7 Å². The summed E-state index contributed by atoms with van der Waals surface area (Å²) in [6.45, 7) is 1.31. The molecule has 0 spiro atoms. The Balaban J connectivity index is 2.95. The molecule has 2 N–H and O–H groups in total. The Morgan fingerprint density at radius 2 is 2.10 bits per heavy atom. The quantitative estimate of drug-likeness (QED) is 0.740. The van der Waals surface area contributed by atoms with E-state index in [0.717, 1.165) is 0 Å². The molecule has 7 heteroatoms. The predicted octanol–water partition coefficient (Wildman–Crippen LogP) is 2.11. The number of rotatable bonds is 8. The molecule has 1 rings (SSSR count). The fraction of sp³-hybridized carbons (Fsp3) is 0.429. The minimum absolute atomic E-state index is 0.170. The Morgan fingerprint density at radius 3 is 2.67 bits per heavy atom. The molecule has 0 unspecified atom stereocenters. The zero-order valence-corrected chi connectivity index (χ0v) is 13.7. The third kappa shape index (κ3) is 5.49. The number of ether oxygens (including phenoxy) is 2. The second-order valence-electron chi connectivity index (χ2n) is 4.35. The maximum absolute atomic E-state index is 12.6. The van der Waals surface area contributed by atoms with Crippen molar-refractivity contribution in [3.05, 3.63) is 28.8 Å². The molecule has 0 aromatic heterocycles. The Hall–Kier alpha value is -1.37. The Morgan fingerprint density at radius 1 is 1.38 bits per heavy atom. The minimum atomic E-state index is -0.170. The maximum atomic E-state index is 12.6. The third-order valence-corrected chi connectivity index (χ3v) is 3.31. The van der Waals surface area contributed by atoms with Crippen LogP contribution in [0.1, 0.15) is 16.8 Å². The summed E-state index contributed by atoms with van der Waals surface area (Å²) >= 11 is 10.8. The Bertz CT molecular complexity index is 511. The van der Waals surface area contributed by atoms with Crippen molar-refractivity contribution in [2.24, 2.45) is 5.73 Å². The van der Waals surface area contributed by atoms with Gasteiger partial charge in [-0.15, -0.1) is 0 Å². The Labute approximate surface area is 135 Å². The summed E-state index contributed by atoms with van der Waals surface area (Å²) in [6, 6.07) is 4.90. The second-order valence-corrected chi connectivity index (χ2v) is 5.31. The van der Waals surface area contributed by atoms with Crippen LogP contribution in [0.2, 0.25) is 5.02 Å². The van der Waals surface area contributed by atoms with Gasteiger partial charge in [-0.25, -0.2) is 0 Å². The Kier molecular flexibility index (Phi) is 7.42. The molecule has 0 aliphatic carbocycles. The van der Waals surface area contributed by atoms with Gasteiger partial charge in [0.05, 0.1) is 24.3 Å². The van der Waals surface area contributed by atoms with E-state index in [1.54, 1.807) is 30.2 Å². The molecule has 0 fully saturated rings. The SMILES string of the molecule is COCCN(CCC(N)=S)C(=O)c1ccc(Cl)cc1OC. The lowest BCUT2D eigenvalue weighted by atomic mass is 10.1. The normalized spacial score (nSPS) is 10.2. The van der Waals surface area contributed by atoms with E-state index in [0.29, 0.717) is 47.4 Å². The number of nitrogens with two attached hydrogens (primary N) is 1. The lowest BCUT2D eigenvalue weighted by molar-refractivity contribution is 0.0698. The first-order valence-corrected chi connectivity index (χ1v) is 7.18. The zero-order chi connectivity index (χ0) is 15.8. The van der Waals surface area contributed by atoms with Crippen molar-refractivity contribution in [3.8, 4) is 5.75 Å². The molecule has 21 heavy (non-hydrogen) atoms. The summed E-state index contributed by atoms with van der Waals surface area (Å²) in [5.41, 5.74) is 5.95. The highest BCUT2D eigenvalue weighted by Gasteiger charge is 2.19. The number of carbonyl (C=O) groups is 1. The number of amides is 1. The molecular formula is C14H19ClN2O3S. The number of methoxy groups -OCH3 is 2. The number of halogens is 1. The number of thiocarbonyl (C=S) groups is 1. The van der Waals surface area contributed by atoms with Crippen LogP contribution < -0.4 is 10.5 Å². The van der Waals surface area contributed by atoms with Crippen LogP contribution in [0.25, 0.3) is 0 Å². The molecule has 0 saturated carbocycles. The molecular weight excluding hydrogens is 312 g/mol. The number of nitrogens with zero attached hydrogens (tertiary/aromatic N) is 1. The number of benzene rings is 1. The molecule has 1 amide bonds. The molecule has 0 heterocycles. The van der Waals surface area contributed by atoms with Gasteiger partial charge in [-0.3, -0.25) is 4.79 Å². The second kappa shape index (κ2) is 8.81. The van der Waals surface area contributed by atoms with Crippen molar-refractivity contribution < 1.29 is 14.3 Å². The highest BCUT2D eigenvalue weighted by Crippen LogP contribution is 2.24. The van der Waals surface area contributed by atoms with Gasteiger partial charge in [0.15, 0.2) is 0 Å². The van der Waals surface area contributed by atoms with E-state index >= 15 is 0 Å². The van der Waals surface area contributed by atoms with Gasteiger partial charge in [0.25, 0.3) is 5.91 Å². The van der Waals surface area contributed by atoms with Crippen molar-refractivity contribution in [1.29, 1.82) is 0 Å². The van der Waals surface area contributed by atoms with Gasteiger partial charge in [-0.1, -0.05) is 23.8 Å². The summed E-state index contributed by atoms with van der Waals surface area (Å²) in [5.74, 6) is 0.266. The van der Waals surface area contributed by atoms with Crippen LogP contribution in [0.5, 0.6) is 5.75 Å². The third-order valence-electron chi connectivity index (χ3n) is 2.87. The molecule has 0 atom stereocenters. The maximum Gasteiger partial charge on any atom is 0.257 e. The van der Waals surface area contributed by atoms with Crippen LogP contribution in [0.15, 0.2) is 18.2 Å². The van der Waals surface area contributed by atoms with E-state index in [1.165, 1.54) is 7.11 Å². The zero-order valence-electron chi connectivity index (χ0n) is 12.1. The van der Waals surface area contributed by atoms with Gasteiger partial charge in [0.1, 0.15) is 5.75 Å². The van der Waals surface area contributed by atoms with Crippen LogP contribution in [-0.2, 0) is 4.74 Å². The largest absolute Gasteiger partial charge is 0.496 e. The van der Waals surface area contributed by atoms with Gasteiger partial charge in [0, 0.05) is 31.6 Å². The molecule has 5 nitrogen and oxygen atoms in total. The van der Waals surface area contributed by atoms with Crippen LogP contribution in [-0.4, -0.2) is 49.7 Å². The number of carbonyl (C=O) groups excluding carboxylic acids is 1. The summed E-state index contributed by atoms with van der Waals surface area (Å²) in [5, 5.41) is 0.509. The lowest BCUT2D eigenvalue weighted by Crippen LogP contribution is -2.36. The molecule has 0 aliphatic rings. The van der Waals surface area contributed by atoms with Crippen molar-refractivity contribution in [2.45, 2.75) is 6.42 Å². The average Bonchev–Trinajstić information content (AvgIpc) is 2.46. The number of hydrogen-bond donors (Lipinski definition) is 1. The van der Waals surface area contributed by atoms with Crippen LogP contribution in [0.4, 0.5) is 0 Å². The van der Waals surface area contributed by atoms with Gasteiger partial charge in [-0.2, -0.15) is 0 Å². The predicted molar refractivity (Wildman–Crippen MR) is 87.2 cm³/mol. The fourth-order valence-electron chi connectivity index (χ4n) is 1.77. The first kappa shape index (κ1) is 17.7. The first-order valence-electron chi connectivity index (χ1n) is 6.39. The van der Waals surface area contributed by atoms with Crippen molar-refractivity contribution in [2.75, 3.05) is 33.9 Å².